The predicted octanol–water partition coefficient (Wildman–Crippen LogP) is 4.05. The average molecular weight is 441 g/mol. The highest BCUT2D eigenvalue weighted by Crippen LogP contribution is 2.52. The zero-order valence-electron chi connectivity index (χ0n) is 18.0. The normalized spacial score (nSPS) is 22.1. The number of rotatable bonds is 3. The molecule has 164 valence electrons. The Hall–Kier alpha value is -2.54. The van der Waals surface area contributed by atoms with Crippen LogP contribution in [0.3, 0.4) is 0 Å². The van der Waals surface area contributed by atoms with Crippen LogP contribution in [0.5, 0.6) is 11.5 Å². The Kier molecular flexibility index (Phi) is 5.16. The van der Waals surface area contributed by atoms with Crippen molar-refractivity contribution < 1.29 is 19.1 Å². The molecule has 1 aliphatic carbocycles. The number of benzene rings is 1. The standard InChI is InChI=1S/C24H28N2O4S/c1-15(25-22(27)21-6-5-11-31-21)23(28)26-14-24(7-3-4-8-24)18-13-20-19(29-9-10-30-20)12-17(18)16(26)2/h5-6,11-13,15-16H,3-4,7-10,14H2,1-2H3,(H,25,27). The molecule has 1 spiro atoms. The molecular weight excluding hydrogens is 412 g/mol. The second-order valence-corrected chi connectivity index (χ2v) is 9.83. The smallest absolute Gasteiger partial charge is 0.261 e. The highest BCUT2D eigenvalue weighted by atomic mass is 32.1. The molecule has 2 amide bonds. The Labute approximate surface area is 186 Å². The van der Waals surface area contributed by atoms with Crippen LogP contribution in [0.4, 0.5) is 0 Å². The summed E-state index contributed by atoms with van der Waals surface area (Å²) in [5.74, 6) is 1.35. The van der Waals surface area contributed by atoms with E-state index in [1.807, 2.05) is 16.3 Å². The number of hydrogen-bond donors (Lipinski definition) is 1. The number of thiophene rings is 1. The summed E-state index contributed by atoms with van der Waals surface area (Å²) in [4.78, 5) is 28.6. The maximum Gasteiger partial charge on any atom is 0.261 e. The van der Waals surface area contributed by atoms with Gasteiger partial charge in [-0.05, 0) is 61.4 Å². The molecule has 1 N–H and O–H groups in total. The minimum absolute atomic E-state index is 0.0378. The van der Waals surface area contributed by atoms with Crippen molar-refractivity contribution in [2.45, 2.75) is 57.0 Å². The summed E-state index contributed by atoms with van der Waals surface area (Å²) >= 11 is 1.38. The van der Waals surface area contributed by atoms with Gasteiger partial charge in [-0.15, -0.1) is 11.3 Å². The van der Waals surface area contributed by atoms with Crippen molar-refractivity contribution in [3.8, 4) is 11.5 Å². The number of carbonyl (C=O) groups excluding carboxylic acids is 2. The van der Waals surface area contributed by atoms with Gasteiger partial charge in [0.15, 0.2) is 11.5 Å². The van der Waals surface area contributed by atoms with Gasteiger partial charge in [0.25, 0.3) is 5.91 Å². The lowest BCUT2D eigenvalue weighted by Crippen LogP contribution is -2.54. The topological polar surface area (TPSA) is 67.9 Å². The summed E-state index contributed by atoms with van der Waals surface area (Å²) in [7, 11) is 0. The zero-order chi connectivity index (χ0) is 21.6. The zero-order valence-corrected chi connectivity index (χ0v) is 18.8. The fourth-order valence-electron chi connectivity index (χ4n) is 5.36. The third-order valence-corrected chi connectivity index (χ3v) is 7.85. The van der Waals surface area contributed by atoms with E-state index in [9.17, 15) is 9.59 Å². The number of hydrogen-bond acceptors (Lipinski definition) is 5. The molecule has 2 aliphatic heterocycles. The van der Waals surface area contributed by atoms with Crippen LogP contribution >= 0.6 is 11.3 Å². The molecule has 3 heterocycles. The highest BCUT2D eigenvalue weighted by Gasteiger charge is 2.47. The Morgan fingerprint density at radius 1 is 1.19 bits per heavy atom. The average Bonchev–Trinajstić information content (AvgIpc) is 3.48. The minimum Gasteiger partial charge on any atom is -0.486 e. The molecular formula is C24H28N2O4S. The van der Waals surface area contributed by atoms with Crippen molar-refractivity contribution in [2.24, 2.45) is 0 Å². The summed E-state index contributed by atoms with van der Waals surface area (Å²) in [6.45, 7) is 5.64. The Morgan fingerprint density at radius 2 is 1.90 bits per heavy atom. The lowest BCUT2D eigenvalue weighted by atomic mass is 9.71. The first-order valence-corrected chi connectivity index (χ1v) is 12.0. The fraction of sp³-hybridized carbons (Fsp3) is 0.500. The van der Waals surface area contributed by atoms with Crippen molar-refractivity contribution >= 4 is 23.2 Å². The van der Waals surface area contributed by atoms with Gasteiger partial charge in [-0.3, -0.25) is 9.59 Å². The van der Waals surface area contributed by atoms with Gasteiger partial charge < -0.3 is 19.7 Å². The van der Waals surface area contributed by atoms with Gasteiger partial charge in [-0.25, -0.2) is 0 Å². The summed E-state index contributed by atoms with van der Waals surface area (Å²) in [5, 5.41) is 4.75. The van der Waals surface area contributed by atoms with Crippen LogP contribution in [0, 0.1) is 0 Å². The number of amides is 2. The van der Waals surface area contributed by atoms with E-state index in [2.05, 4.69) is 24.4 Å². The molecule has 7 heteroatoms. The van der Waals surface area contributed by atoms with Crippen LogP contribution in [0.25, 0.3) is 0 Å². The van der Waals surface area contributed by atoms with E-state index in [1.54, 1.807) is 13.0 Å². The van der Waals surface area contributed by atoms with Gasteiger partial charge >= 0.3 is 0 Å². The van der Waals surface area contributed by atoms with Crippen molar-refractivity contribution in [3.05, 3.63) is 45.6 Å². The molecule has 6 nitrogen and oxygen atoms in total. The number of ether oxygens (including phenoxy) is 2. The van der Waals surface area contributed by atoms with E-state index in [0.29, 0.717) is 24.6 Å². The highest BCUT2D eigenvalue weighted by molar-refractivity contribution is 7.12. The number of nitrogens with zero attached hydrogens (tertiary/aromatic N) is 1. The quantitative estimate of drug-likeness (QED) is 0.782. The van der Waals surface area contributed by atoms with Crippen molar-refractivity contribution in [2.75, 3.05) is 19.8 Å². The number of fused-ring (bicyclic) bond motifs is 3. The molecule has 2 aromatic rings. The second-order valence-electron chi connectivity index (χ2n) is 8.89. The molecule has 0 saturated heterocycles. The molecule has 1 aromatic carbocycles. The van der Waals surface area contributed by atoms with Crippen LogP contribution in [0.1, 0.15) is 66.4 Å². The first-order valence-electron chi connectivity index (χ1n) is 11.1. The van der Waals surface area contributed by atoms with E-state index in [0.717, 1.165) is 42.7 Å². The van der Waals surface area contributed by atoms with Crippen LogP contribution in [-0.2, 0) is 10.2 Å². The maximum absolute atomic E-state index is 13.5. The minimum atomic E-state index is -0.589. The van der Waals surface area contributed by atoms with Gasteiger partial charge in [0.2, 0.25) is 5.91 Å². The van der Waals surface area contributed by atoms with Gasteiger partial charge in [0.05, 0.1) is 10.9 Å². The predicted molar refractivity (Wildman–Crippen MR) is 119 cm³/mol. The summed E-state index contributed by atoms with van der Waals surface area (Å²) in [6, 6.07) is 7.17. The van der Waals surface area contributed by atoms with Crippen molar-refractivity contribution in [3.63, 3.8) is 0 Å². The van der Waals surface area contributed by atoms with Crippen LogP contribution in [-0.4, -0.2) is 42.5 Å². The lowest BCUT2D eigenvalue weighted by Gasteiger charge is -2.47. The van der Waals surface area contributed by atoms with Crippen LogP contribution in [0.2, 0.25) is 0 Å². The molecule has 1 saturated carbocycles. The SMILES string of the molecule is CC(NC(=O)c1cccs1)C(=O)N1CC2(CCCC2)c2cc3c(cc2C1C)OCCO3. The van der Waals surface area contributed by atoms with Crippen molar-refractivity contribution in [1.29, 1.82) is 0 Å². The van der Waals surface area contributed by atoms with E-state index in [4.69, 9.17) is 9.47 Å². The van der Waals surface area contributed by atoms with Crippen LogP contribution in [0.15, 0.2) is 29.6 Å². The van der Waals surface area contributed by atoms with Gasteiger partial charge in [-0.1, -0.05) is 18.9 Å². The molecule has 1 fully saturated rings. The maximum atomic E-state index is 13.5. The van der Waals surface area contributed by atoms with Gasteiger partial charge in [0.1, 0.15) is 19.3 Å². The molecule has 1 aromatic heterocycles. The number of carbonyl (C=O) groups is 2. The van der Waals surface area contributed by atoms with E-state index >= 15 is 0 Å². The lowest BCUT2D eigenvalue weighted by molar-refractivity contribution is -0.136. The third-order valence-electron chi connectivity index (χ3n) is 6.98. The molecule has 5 rings (SSSR count). The monoisotopic (exact) mass is 440 g/mol. The summed E-state index contributed by atoms with van der Waals surface area (Å²) in [6.07, 6.45) is 4.45. The van der Waals surface area contributed by atoms with E-state index in [-0.39, 0.29) is 23.3 Å². The molecule has 0 bridgehead atoms. The third kappa shape index (κ3) is 3.49. The Bertz CT molecular complexity index is 997. The largest absolute Gasteiger partial charge is 0.486 e. The van der Waals surface area contributed by atoms with Gasteiger partial charge in [-0.2, -0.15) is 0 Å². The van der Waals surface area contributed by atoms with E-state index < -0.39 is 6.04 Å². The summed E-state index contributed by atoms with van der Waals surface area (Å²) < 4.78 is 11.7. The molecule has 2 atom stereocenters. The number of nitrogens with one attached hydrogen (secondary N) is 1. The van der Waals surface area contributed by atoms with Crippen molar-refractivity contribution in [1.82, 2.24) is 10.2 Å². The van der Waals surface area contributed by atoms with E-state index in [1.165, 1.54) is 16.9 Å². The molecule has 0 radical (unpaired) electrons. The fourth-order valence-corrected chi connectivity index (χ4v) is 5.99. The van der Waals surface area contributed by atoms with Crippen LogP contribution < -0.4 is 14.8 Å². The first kappa shape index (κ1) is 20.4. The molecule has 3 aliphatic rings. The molecule has 2 unspecified atom stereocenters. The second kappa shape index (κ2) is 7.86. The Morgan fingerprint density at radius 3 is 2.58 bits per heavy atom. The Balaban J connectivity index is 1.45. The summed E-state index contributed by atoms with van der Waals surface area (Å²) in [5.41, 5.74) is 2.40. The first-order chi connectivity index (χ1) is 15.0. The molecule has 31 heavy (non-hydrogen) atoms. The van der Waals surface area contributed by atoms with Gasteiger partial charge in [0, 0.05) is 12.0 Å².